The van der Waals surface area contributed by atoms with Crippen molar-refractivity contribution in [2.75, 3.05) is 0 Å². The van der Waals surface area contributed by atoms with Crippen LogP contribution < -0.4 is 0 Å². The summed E-state index contributed by atoms with van der Waals surface area (Å²) in [5.41, 5.74) is 1.03. The first-order chi connectivity index (χ1) is 7.00. The van der Waals surface area contributed by atoms with Crippen molar-refractivity contribution in [3.63, 3.8) is 0 Å². The first-order valence-corrected chi connectivity index (χ1v) is 5.70. The molecule has 2 nitrogen and oxygen atoms in total. The molecule has 0 aliphatic rings. The lowest BCUT2D eigenvalue weighted by Gasteiger charge is -2.09. The molecule has 0 spiro atoms. The second-order valence-electron chi connectivity index (χ2n) is 3.60. The molecule has 0 amide bonds. The first kappa shape index (κ1) is 10.9. The predicted molar refractivity (Wildman–Crippen MR) is 62.8 cm³/mol. The van der Waals surface area contributed by atoms with Crippen molar-refractivity contribution < 1.29 is 4.39 Å². The highest BCUT2D eigenvalue weighted by atomic mass is 79.9. The number of aromatic nitrogens is 2. The van der Waals surface area contributed by atoms with E-state index >= 15 is 0 Å². The number of hydrogen-bond donors (Lipinski definition) is 0. The number of hydrogen-bond acceptors (Lipinski definition) is 1. The SMILES string of the molecule is CC(C)n1c(Cl)nc2cc(Br)cc(F)c21. The molecule has 0 bridgehead atoms. The van der Waals surface area contributed by atoms with Crippen molar-refractivity contribution in [1.29, 1.82) is 0 Å². The number of benzene rings is 1. The monoisotopic (exact) mass is 290 g/mol. The van der Waals surface area contributed by atoms with Crippen LogP contribution in [0.25, 0.3) is 11.0 Å². The number of imidazole rings is 1. The van der Waals surface area contributed by atoms with E-state index in [9.17, 15) is 4.39 Å². The minimum atomic E-state index is -0.313. The van der Waals surface area contributed by atoms with Gasteiger partial charge in [-0.15, -0.1) is 0 Å². The van der Waals surface area contributed by atoms with Crippen LogP contribution in [0, 0.1) is 5.82 Å². The second kappa shape index (κ2) is 3.76. The van der Waals surface area contributed by atoms with E-state index in [0.717, 1.165) is 0 Å². The lowest BCUT2D eigenvalue weighted by atomic mass is 10.3. The third-order valence-corrected chi connectivity index (χ3v) is 2.90. The lowest BCUT2D eigenvalue weighted by Crippen LogP contribution is -2.01. The van der Waals surface area contributed by atoms with Crippen LogP contribution >= 0.6 is 27.5 Å². The average molecular weight is 292 g/mol. The normalized spacial score (nSPS) is 11.6. The zero-order valence-electron chi connectivity index (χ0n) is 8.26. The molecule has 15 heavy (non-hydrogen) atoms. The van der Waals surface area contributed by atoms with Gasteiger partial charge in [-0.25, -0.2) is 9.37 Å². The zero-order valence-corrected chi connectivity index (χ0v) is 10.6. The van der Waals surface area contributed by atoms with Crippen LogP contribution in [0.5, 0.6) is 0 Å². The molecule has 5 heteroatoms. The molecule has 0 fully saturated rings. The fourth-order valence-electron chi connectivity index (χ4n) is 1.59. The first-order valence-electron chi connectivity index (χ1n) is 4.53. The summed E-state index contributed by atoms with van der Waals surface area (Å²) >= 11 is 9.18. The highest BCUT2D eigenvalue weighted by Crippen LogP contribution is 2.28. The average Bonchev–Trinajstić information content (AvgIpc) is 2.40. The van der Waals surface area contributed by atoms with Gasteiger partial charge in [0.2, 0.25) is 5.28 Å². The molecule has 0 unspecified atom stereocenters. The molecule has 2 rings (SSSR count). The van der Waals surface area contributed by atoms with Crippen molar-refractivity contribution >= 4 is 38.6 Å². The Kier molecular flexibility index (Phi) is 2.73. The summed E-state index contributed by atoms with van der Waals surface area (Å²) < 4.78 is 16.1. The van der Waals surface area contributed by atoms with Crippen LogP contribution in [0.15, 0.2) is 16.6 Å². The number of nitrogens with zero attached hydrogens (tertiary/aromatic N) is 2. The molecule has 0 saturated heterocycles. The Morgan fingerprint density at radius 2 is 2.13 bits per heavy atom. The van der Waals surface area contributed by atoms with Crippen LogP contribution in [0.2, 0.25) is 5.28 Å². The Morgan fingerprint density at radius 3 is 2.73 bits per heavy atom. The molecule has 1 heterocycles. The van der Waals surface area contributed by atoms with Crippen molar-refractivity contribution in [3.8, 4) is 0 Å². The van der Waals surface area contributed by atoms with Gasteiger partial charge in [-0.1, -0.05) is 15.9 Å². The minimum Gasteiger partial charge on any atom is -0.310 e. The Hall–Kier alpha value is -0.610. The van der Waals surface area contributed by atoms with Crippen LogP contribution in [0.4, 0.5) is 4.39 Å². The molecule has 1 aromatic carbocycles. The summed E-state index contributed by atoms with van der Waals surface area (Å²) in [5.74, 6) is -0.313. The van der Waals surface area contributed by atoms with Crippen LogP contribution in [0.1, 0.15) is 19.9 Å². The van der Waals surface area contributed by atoms with Crippen molar-refractivity contribution in [3.05, 3.63) is 27.7 Å². The van der Waals surface area contributed by atoms with E-state index in [1.54, 1.807) is 10.6 Å². The van der Waals surface area contributed by atoms with Gasteiger partial charge in [-0.2, -0.15) is 0 Å². The molecular weight excluding hydrogens is 282 g/mol. The van der Waals surface area contributed by atoms with E-state index in [-0.39, 0.29) is 11.9 Å². The van der Waals surface area contributed by atoms with Gasteiger partial charge in [0.25, 0.3) is 0 Å². The van der Waals surface area contributed by atoms with E-state index in [4.69, 9.17) is 11.6 Å². The maximum Gasteiger partial charge on any atom is 0.204 e. The van der Waals surface area contributed by atoms with Crippen molar-refractivity contribution in [2.24, 2.45) is 0 Å². The predicted octanol–water partition coefficient (Wildman–Crippen LogP) is 4.17. The molecule has 0 radical (unpaired) electrons. The van der Waals surface area contributed by atoms with Crippen molar-refractivity contribution in [2.45, 2.75) is 19.9 Å². The Morgan fingerprint density at radius 1 is 1.47 bits per heavy atom. The van der Waals surface area contributed by atoms with Gasteiger partial charge in [0.15, 0.2) is 0 Å². The fourth-order valence-corrected chi connectivity index (χ4v) is 2.38. The number of rotatable bonds is 1. The van der Waals surface area contributed by atoms with E-state index in [1.807, 2.05) is 13.8 Å². The topological polar surface area (TPSA) is 17.8 Å². The second-order valence-corrected chi connectivity index (χ2v) is 4.85. The molecule has 80 valence electrons. The molecule has 1 aromatic heterocycles. The highest BCUT2D eigenvalue weighted by Gasteiger charge is 2.15. The molecule has 0 atom stereocenters. The van der Waals surface area contributed by atoms with Crippen LogP contribution in [0.3, 0.4) is 0 Å². The van der Waals surface area contributed by atoms with Gasteiger partial charge in [-0.05, 0) is 37.6 Å². The maximum absolute atomic E-state index is 13.7. The molecule has 0 N–H and O–H groups in total. The Bertz CT molecular complexity index is 522. The zero-order chi connectivity index (χ0) is 11.2. The van der Waals surface area contributed by atoms with Gasteiger partial charge in [0.05, 0.1) is 5.52 Å². The van der Waals surface area contributed by atoms with E-state index < -0.39 is 0 Å². The fraction of sp³-hybridized carbons (Fsp3) is 0.300. The quantitative estimate of drug-likeness (QED) is 0.771. The maximum atomic E-state index is 13.7. The van der Waals surface area contributed by atoms with Gasteiger partial charge in [0.1, 0.15) is 11.3 Å². The highest BCUT2D eigenvalue weighted by molar-refractivity contribution is 9.10. The molecule has 0 aliphatic heterocycles. The third kappa shape index (κ3) is 1.76. The summed E-state index contributed by atoms with van der Waals surface area (Å²) in [6.07, 6.45) is 0. The lowest BCUT2D eigenvalue weighted by molar-refractivity contribution is 0.586. The smallest absolute Gasteiger partial charge is 0.204 e. The van der Waals surface area contributed by atoms with Crippen LogP contribution in [-0.2, 0) is 0 Å². The molecule has 0 saturated carbocycles. The summed E-state index contributed by atoms with van der Waals surface area (Å²) in [5, 5.41) is 0.317. The summed E-state index contributed by atoms with van der Waals surface area (Å²) in [6.45, 7) is 3.88. The van der Waals surface area contributed by atoms with Crippen molar-refractivity contribution in [1.82, 2.24) is 9.55 Å². The minimum absolute atomic E-state index is 0.0816. The molecule has 0 aliphatic carbocycles. The van der Waals surface area contributed by atoms with E-state index in [0.29, 0.717) is 20.8 Å². The largest absolute Gasteiger partial charge is 0.310 e. The van der Waals surface area contributed by atoms with E-state index in [2.05, 4.69) is 20.9 Å². The van der Waals surface area contributed by atoms with Gasteiger partial charge >= 0.3 is 0 Å². The van der Waals surface area contributed by atoms with Gasteiger partial charge < -0.3 is 4.57 Å². The third-order valence-electron chi connectivity index (χ3n) is 2.18. The summed E-state index contributed by atoms with van der Waals surface area (Å²) in [6, 6.07) is 3.25. The molecular formula is C10H9BrClFN2. The standard InChI is InChI=1S/C10H9BrClFN2/c1-5(2)15-9-7(13)3-6(11)4-8(9)14-10(15)12/h3-5H,1-2H3. The summed E-state index contributed by atoms with van der Waals surface area (Å²) in [7, 11) is 0. The van der Waals surface area contributed by atoms with E-state index in [1.165, 1.54) is 6.07 Å². The Labute approximate surface area is 100 Å². The number of fused-ring (bicyclic) bond motifs is 1. The molecule has 2 aromatic rings. The van der Waals surface area contributed by atoms with Gasteiger partial charge in [-0.3, -0.25) is 0 Å². The number of halogens is 3. The summed E-state index contributed by atoms with van der Waals surface area (Å²) in [4.78, 5) is 4.11. The van der Waals surface area contributed by atoms with Gasteiger partial charge in [0, 0.05) is 10.5 Å². The van der Waals surface area contributed by atoms with Crippen LogP contribution in [-0.4, -0.2) is 9.55 Å². The Balaban J connectivity index is 2.87.